The van der Waals surface area contributed by atoms with Gasteiger partial charge in [-0.05, 0) is 32.9 Å². The molecule has 0 saturated carbocycles. The van der Waals surface area contributed by atoms with Crippen molar-refractivity contribution in [3.8, 4) is 5.69 Å². The smallest absolute Gasteiger partial charge is 0.332 e. The molecule has 4 aromatic rings. The summed E-state index contributed by atoms with van der Waals surface area (Å²) in [6.45, 7) is 5.36. The molecule has 3 aromatic heterocycles. The lowest BCUT2D eigenvalue weighted by molar-refractivity contribution is -0.118. The summed E-state index contributed by atoms with van der Waals surface area (Å²) in [5, 5.41) is 0. The van der Waals surface area contributed by atoms with Gasteiger partial charge in [0.2, 0.25) is 11.7 Å². The molecule has 0 unspecified atom stereocenters. The molecule has 0 aliphatic carbocycles. The molecule has 2 N–H and O–H groups in total. The normalized spacial score (nSPS) is 11.6. The van der Waals surface area contributed by atoms with Gasteiger partial charge in [0.15, 0.2) is 11.2 Å². The minimum Gasteiger partial charge on any atom is -0.368 e. The number of fused-ring (bicyclic) bond motifs is 3. The number of primary amides is 1. The number of aromatic nitrogens is 5. The fraction of sp³-hybridized carbons (Fsp3) is 0.263. The predicted molar refractivity (Wildman–Crippen MR) is 105 cm³/mol. The Bertz CT molecular complexity index is 1380. The van der Waals surface area contributed by atoms with Gasteiger partial charge >= 0.3 is 5.69 Å². The first-order valence-corrected chi connectivity index (χ1v) is 8.77. The Morgan fingerprint density at radius 3 is 2.32 bits per heavy atom. The Kier molecular flexibility index (Phi) is 3.77. The van der Waals surface area contributed by atoms with Crippen LogP contribution in [0.5, 0.6) is 0 Å². The van der Waals surface area contributed by atoms with Gasteiger partial charge in [-0.25, -0.2) is 9.36 Å². The summed E-state index contributed by atoms with van der Waals surface area (Å²) in [5.74, 6) is -0.234. The quantitative estimate of drug-likeness (QED) is 0.560. The average molecular weight is 380 g/mol. The monoisotopic (exact) mass is 380 g/mol. The van der Waals surface area contributed by atoms with Crippen LogP contribution in [-0.2, 0) is 18.4 Å². The number of nitrogens with two attached hydrogens (primary N) is 1. The molecule has 0 bridgehead atoms. The van der Waals surface area contributed by atoms with Gasteiger partial charge in [0.25, 0.3) is 5.56 Å². The molecule has 0 fully saturated rings. The summed E-state index contributed by atoms with van der Waals surface area (Å²) in [5.41, 5.74) is 8.27. The lowest BCUT2D eigenvalue weighted by Gasteiger charge is -2.07. The van der Waals surface area contributed by atoms with Crippen molar-refractivity contribution < 1.29 is 4.79 Å². The number of carbonyl (C=O) groups is 1. The van der Waals surface area contributed by atoms with E-state index in [1.54, 1.807) is 4.40 Å². The highest BCUT2D eigenvalue weighted by atomic mass is 16.2. The number of hydrogen-bond acceptors (Lipinski definition) is 4. The van der Waals surface area contributed by atoms with Crippen molar-refractivity contribution in [3.63, 3.8) is 0 Å². The number of amides is 1. The molecule has 28 heavy (non-hydrogen) atoms. The lowest BCUT2D eigenvalue weighted by atomic mass is 10.2. The van der Waals surface area contributed by atoms with Gasteiger partial charge in [0.1, 0.15) is 6.54 Å². The minimum absolute atomic E-state index is 0.241. The molecule has 144 valence electrons. The maximum absolute atomic E-state index is 13.0. The molecule has 0 spiro atoms. The second-order valence-electron chi connectivity index (χ2n) is 6.96. The predicted octanol–water partition coefficient (Wildman–Crippen LogP) is 0.549. The van der Waals surface area contributed by atoms with Gasteiger partial charge in [-0.15, -0.1) is 0 Å². The molecule has 0 radical (unpaired) electrons. The van der Waals surface area contributed by atoms with Crippen molar-refractivity contribution >= 4 is 22.8 Å². The highest BCUT2D eigenvalue weighted by Gasteiger charge is 2.23. The molecule has 0 aliphatic rings. The number of hydrogen-bond donors (Lipinski definition) is 1. The fourth-order valence-electron chi connectivity index (χ4n) is 3.55. The summed E-state index contributed by atoms with van der Waals surface area (Å²) in [6.07, 6.45) is 0. The van der Waals surface area contributed by atoms with Crippen LogP contribution < -0.4 is 17.0 Å². The molecular formula is C19H20N6O3. The third-order valence-electron chi connectivity index (χ3n) is 5.13. The second kappa shape index (κ2) is 5.95. The summed E-state index contributed by atoms with van der Waals surface area (Å²) in [7, 11) is 1.52. The standard InChI is InChI=1S/C19H20N6O3/c1-10-5-7-13(8-6-10)24-11(2)12(3)25-15-16(21-18(24)25)22(4)19(28)23(17(15)27)9-14(20)26/h5-8H,9H2,1-4H3,(H2,20,26). The van der Waals surface area contributed by atoms with Crippen molar-refractivity contribution in [1.82, 2.24) is 23.1 Å². The summed E-state index contributed by atoms with van der Waals surface area (Å²) in [4.78, 5) is 41.5. The lowest BCUT2D eigenvalue weighted by Crippen LogP contribution is -2.42. The van der Waals surface area contributed by atoms with Crippen LogP contribution in [0.15, 0.2) is 33.9 Å². The number of imidazole rings is 2. The van der Waals surface area contributed by atoms with E-state index in [0.29, 0.717) is 5.78 Å². The highest BCUT2D eigenvalue weighted by Crippen LogP contribution is 2.24. The van der Waals surface area contributed by atoms with Gasteiger partial charge < -0.3 is 5.73 Å². The number of benzene rings is 1. The summed E-state index contributed by atoms with van der Waals surface area (Å²) >= 11 is 0. The molecular weight excluding hydrogens is 360 g/mol. The Balaban J connectivity index is 2.18. The van der Waals surface area contributed by atoms with Gasteiger partial charge in [0, 0.05) is 24.1 Å². The molecule has 0 aliphatic heterocycles. The maximum Gasteiger partial charge on any atom is 0.332 e. The summed E-state index contributed by atoms with van der Waals surface area (Å²) < 4.78 is 5.78. The average Bonchev–Trinajstić information content (AvgIpc) is 3.14. The van der Waals surface area contributed by atoms with Gasteiger partial charge in [-0.1, -0.05) is 17.7 Å². The Labute approximate surface area is 159 Å². The summed E-state index contributed by atoms with van der Waals surface area (Å²) in [6, 6.07) is 7.95. The second-order valence-corrected chi connectivity index (χ2v) is 6.96. The zero-order chi connectivity index (χ0) is 20.3. The third kappa shape index (κ3) is 2.32. The molecule has 1 amide bonds. The van der Waals surface area contributed by atoms with Crippen LogP contribution in [0, 0.1) is 20.8 Å². The molecule has 4 rings (SSSR count). The molecule has 1 aromatic carbocycles. The number of carbonyl (C=O) groups excluding carboxylic acids is 1. The van der Waals surface area contributed by atoms with E-state index in [1.165, 1.54) is 11.6 Å². The third-order valence-corrected chi connectivity index (χ3v) is 5.13. The topological polar surface area (TPSA) is 109 Å². The molecule has 0 atom stereocenters. The van der Waals surface area contributed by atoms with E-state index in [-0.39, 0.29) is 11.2 Å². The first-order valence-electron chi connectivity index (χ1n) is 8.77. The van der Waals surface area contributed by atoms with Crippen molar-refractivity contribution in [2.24, 2.45) is 12.8 Å². The van der Waals surface area contributed by atoms with Crippen molar-refractivity contribution in [1.29, 1.82) is 0 Å². The van der Waals surface area contributed by atoms with Gasteiger partial charge in [-0.2, -0.15) is 4.98 Å². The Hall–Kier alpha value is -3.62. The SMILES string of the molecule is Cc1ccc(-n2c(C)c(C)n3c4c(=O)n(CC(N)=O)c(=O)n(C)c4nc23)cc1. The van der Waals surface area contributed by atoms with Crippen LogP contribution in [0.2, 0.25) is 0 Å². The molecule has 9 nitrogen and oxygen atoms in total. The fourth-order valence-corrected chi connectivity index (χ4v) is 3.55. The zero-order valence-corrected chi connectivity index (χ0v) is 16.1. The van der Waals surface area contributed by atoms with Crippen molar-refractivity contribution in [3.05, 3.63) is 62.1 Å². The molecule has 9 heteroatoms. The van der Waals surface area contributed by atoms with Crippen LogP contribution in [0.4, 0.5) is 0 Å². The first-order chi connectivity index (χ1) is 13.2. The van der Waals surface area contributed by atoms with Gasteiger partial charge in [0.05, 0.1) is 0 Å². The van der Waals surface area contributed by atoms with E-state index in [9.17, 15) is 14.4 Å². The van der Waals surface area contributed by atoms with Crippen LogP contribution in [0.1, 0.15) is 17.0 Å². The van der Waals surface area contributed by atoms with Crippen LogP contribution >= 0.6 is 0 Å². The van der Waals surface area contributed by atoms with Crippen LogP contribution in [-0.4, -0.2) is 29.0 Å². The van der Waals surface area contributed by atoms with E-state index in [2.05, 4.69) is 4.98 Å². The number of rotatable bonds is 3. The largest absolute Gasteiger partial charge is 0.368 e. The zero-order valence-electron chi connectivity index (χ0n) is 16.1. The number of aryl methyl sites for hydroxylation is 3. The van der Waals surface area contributed by atoms with Crippen molar-refractivity contribution in [2.45, 2.75) is 27.3 Å². The van der Waals surface area contributed by atoms with E-state index in [0.717, 1.165) is 27.2 Å². The van der Waals surface area contributed by atoms with E-state index in [4.69, 9.17) is 5.73 Å². The maximum atomic E-state index is 13.0. The van der Waals surface area contributed by atoms with Crippen molar-refractivity contribution in [2.75, 3.05) is 0 Å². The van der Waals surface area contributed by atoms with Crippen LogP contribution in [0.3, 0.4) is 0 Å². The van der Waals surface area contributed by atoms with Crippen LogP contribution in [0.25, 0.3) is 22.6 Å². The number of nitrogens with zero attached hydrogens (tertiary/aromatic N) is 5. The highest BCUT2D eigenvalue weighted by molar-refractivity contribution is 5.78. The minimum atomic E-state index is -0.760. The Morgan fingerprint density at radius 1 is 1.07 bits per heavy atom. The van der Waals surface area contributed by atoms with E-state index >= 15 is 0 Å². The molecule has 0 saturated heterocycles. The van der Waals surface area contributed by atoms with E-state index in [1.807, 2.05) is 49.6 Å². The van der Waals surface area contributed by atoms with E-state index < -0.39 is 23.7 Å². The van der Waals surface area contributed by atoms with Gasteiger partial charge in [-0.3, -0.25) is 23.1 Å². The Morgan fingerprint density at radius 2 is 1.71 bits per heavy atom. The first kappa shape index (κ1) is 17.8. The molecule has 3 heterocycles.